The van der Waals surface area contributed by atoms with Gasteiger partial charge < -0.3 is 15.2 Å². The predicted octanol–water partition coefficient (Wildman–Crippen LogP) is 3.39. The van der Waals surface area contributed by atoms with Gasteiger partial charge in [-0.1, -0.05) is 15.9 Å². The highest BCUT2D eigenvalue weighted by Crippen LogP contribution is 2.32. The van der Waals surface area contributed by atoms with Crippen molar-refractivity contribution >= 4 is 32.9 Å². The summed E-state index contributed by atoms with van der Waals surface area (Å²) in [6, 6.07) is 11.4. The van der Waals surface area contributed by atoms with Crippen molar-refractivity contribution < 1.29 is 9.47 Å². The van der Waals surface area contributed by atoms with E-state index in [4.69, 9.17) is 15.2 Å². The molecule has 0 bridgehead atoms. The minimum atomic E-state index is 0.398. The molecule has 3 rings (SSSR count). The lowest BCUT2D eigenvalue weighted by Crippen LogP contribution is -2.02. The molecule has 0 atom stereocenters. The van der Waals surface area contributed by atoms with Crippen molar-refractivity contribution in [2.75, 3.05) is 20.0 Å². The molecule has 0 aliphatic carbocycles. The van der Waals surface area contributed by atoms with E-state index in [1.165, 1.54) is 0 Å². The first-order chi connectivity index (χ1) is 10.1. The minimum absolute atomic E-state index is 0.398. The van der Waals surface area contributed by atoms with Crippen molar-refractivity contribution in [3.8, 4) is 17.2 Å². The summed E-state index contributed by atoms with van der Waals surface area (Å²) in [6.45, 7) is 0. The van der Waals surface area contributed by atoms with Crippen LogP contribution in [0, 0.1) is 0 Å². The second-order valence-electron chi connectivity index (χ2n) is 4.48. The number of fused-ring (bicyclic) bond motifs is 1. The van der Waals surface area contributed by atoms with Crippen LogP contribution in [0.1, 0.15) is 0 Å². The number of hydrogen-bond acceptors (Lipinski definition) is 4. The van der Waals surface area contributed by atoms with E-state index in [1.54, 1.807) is 14.2 Å². The Morgan fingerprint density at radius 2 is 1.90 bits per heavy atom. The van der Waals surface area contributed by atoms with Gasteiger partial charge in [0, 0.05) is 10.5 Å². The Kier molecular flexibility index (Phi) is 3.47. The fourth-order valence-electron chi connectivity index (χ4n) is 2.30. The summed E-state index contributed by atoms with van der Waals surface area (Å²) in [6.07, 6.45) is 0. The number of nitrogen functional groups attached to an aromatic ring is 1. The van der Waals surface area contributed by atoms with Crippen molar-refractivity contribution in [1.82, 2.24) is 9.55 Å². The van der Waals surface area contributed by atoms with E-state index in [0.717, 1.165) is 32.7 Å². The molecule has 1 heterocycles. The fraction of sp³-hybridized carbons (Fsp3) is 0.133. The molecule has 0 saturated carbocycles. The first-order valence-corrected chi connectivity index (χ1v) is 7.09. The molecule has 1 aromatic heterocycles. The number of ether oxygens (including phenoxy) is 2. The highest BCUT2D eigenvalue weighted by atomic mass is 79.9. The van der Waals surface area contributed by atoms with Crippen LogP contribution >= 0.6 is 15.9 Å². The molecule has 0 aliphatic heterocycles. The molecule has 5 nitrogen and oxygen atoms in total. The van der Waals surface area contributed by atoms with Crippen LogP contribution in [0.15, 0.2) is 40.9 Å². The molecule has 21 heavy (non-hydrogen) atoms. The predicted molar refractivity (Wildman–Crippen MR) is 86.3 cm³/mol. The van der Waals surface area contributed by atoms with Gasteiger partial charge in [-0.05, 0) is 30.3 Å². The third kappa shape index (κ3) is 2.31. The molecule has 108 valence electrons. The molecule has 0 radical (unpaired) electrons. The number of methoxy groups -OCH3 is 2. The van der Waals surface area contributed by atoms with E-state index in [-0.39, 0.29) is 0 Å². The highest BCUT2D eigenvalue weighted by molar-refractivity contribution is 9.10. The van der Waals surface area contributed by atoms with Crippen molar-refractivity contribution in [2.24, 2.45) is 0 Å². The third-order valence-corrected chi connectivity index (χ3v) is 3.76. The Hall–Kier alpha value is -2.21. The number of nitrogens with zero attached hydrogens (tertiary/aromatic N) is 2. The molecule has 0 amide bonds. The Morgan fingerprint density at radius 3 is 2.62 bits per heavy atom. The Balaban J connectivity index is 2.30. The zero-order valence-electron chi connectivity index (χ0n) is 11.6. The average molecular weight is 348 g/mol. The highest BCUT2D eigenvalue weighted by Gasteiger charge is 2.14. The van der Waals surface area contributed by atoms with Crippen LogP contribution in [0.3, 0.4) is 0 Å². The summed E-state index contributed by atoms with van der Waals surface area (Å²) in [5.41, 5.74) is 8.59. The van der Waals surface area contributed by atoms with Crippen LogP contribution in [0.5, 0.6) is 11.5 Å². The lowest BCUT2D eigenvalue weighted by Gasteiger charge is -2.12. The molecule has 3 aromatic rings. The van der Waals surface area contributed by atoms with E-state index in [2.05, 4.69) is 20.9 Å². The number of imidazole rings is 1. The zero-order valence-corrected chi connectivity index (χ0v) is 13.2. The van der Waals surface area contributed by atoms with Gasteiger partial charge in [0.1, 0.15) is 11.5 Å². The normalized spacial score (nSPS) is 10.8. The van der Waals surface area contributed by atoms with Gasteiger partial charge in [-0.3, -0.25) is 4.57 Å². The molecular weight excluding hydrogens is 334 g/mol. The fourth-order valence-corrected chi connectivity index (χ4v) is 2.65. The van der Waals surface area contributed by atoms with Crippen LogP contribution in [-0.2, 0) is 0 Å². The molecule has 2 N–H and O–H groups in total. The van der Waals surface area contributed by atoms with Crippen molar-refractivity contribution in [3.63, 3.8) is 0 Å². The summed E-state index contributed by atoms with van der Waals surface area (Å²) in [5, 5.41) is 0. The molecule has 0 spiro atoms. The summed E-state index contributed by atoms with van der Waals surface area (Å²) < 4.78 is 13.4. The Labute approximate surface area is 130 Å². The van der Waals surface area contributed by atoms with Gasteiger partial charge >= 0.3 is 0 Å². The number of nitrogens with two attached hydrogens (primary N) is 1. The first kappa shape index (κ1) is 13.8. The summed E-state index contributed by atoms with van der Waals surface area (Å²) in [4.78, 5) is 4.39. The Bertz CT molecular complexity index is 814. The molecule has 2 aromatic carbocycles. The van der Waals surface area contributed by atoms with Crippen molar-refractivity contribution in [2.45, 2.75) is 0 Å². The molecule has 0 fully saturated rings. The van der Waals surface area contributed by atoms with Crippen molar-refractivity contribution in [3.05, 3.63) is 40.9 Å². The lowest BCUT2D eigenvalue weighted by molar-refractivity contribution is 0.413. The zero-order chi connectivity index (χ0) is 15.0. The van der Waals surface area contributed by atoms with Gasteiger partial charge in [-0.25, -0.2) is 4.98 Å². The molecular formula is C15H14BrN3O2. The van der Waals surface area contributed by atoms with Gasteiger partial charge in [-0.2, -0.15) is 0 Å². The van der Waals surface area contributed by atoms with Gasteiger partial charge in [0.05, 0.1) is 30.9 Å². The average Bonchev–Trinajstić information content (AvgIpc) is 2.81. The van der Waals surface area contributed by atoms with Gasteiger partial charge in [-0.15, -0.1) is 0 Å². The summed E-state index contributed by atoms with van der Waals surface area (Å²) in [5.74, 6) is 1.86. The van der Waals surface area contributed by atoms with E-state index in [0.29, 0.717) is 5.95 Å². The van der Waals surface area contributed by atoms with Crippen LogP contribution in [0.25, 0.3) is 16.7 Å². The van der Waals surface area contributed by atoms with Gasteiger partial charge in [0.15, 0.2) is 0 Å². The van der Waals surface area contributed by atoms with E-state index < -0.39 is 0 Å². The molecule has 0 saturated heterocycles. The molecule has 0 unspecified atom stereocenters. The monoisotopic (exact) mass is 347 g/mol. The Morgan fingerprint density at radius 1 is 1.10 bits per heavy atom. The van der Waals surface area contributed by atoms with E-state index >= 15 is 0 Å². The number of anilines is 1. The van der Waals surface area contributed by atoms with Gasteiger partial charge in [0.2, 0.25) is 5.95 Å². The van der Waals surface area contributed by atoms with Crippen LogP contribution < -0.4 is 15.2 Å². The summed E-state index contributed by atoms with van der Waals surface area (Å²) in [7, 11) is 3.25. The topological polar surface area (TPSA) is 62.3 Å². The van der Waals surface area contributed by atoms with Crippen molar-refractivity contribution in [1.29, 1.82) is 0 Å². The lowest BCUT2D eigenvalue weighted by atomic mass is 10.2. The number of halogens is 1. The SMILES string of the molecule is COc1ccc2c(c1)nc(N)n2-c1cc(Br)ccc1OC. The quantitative estimate of drug-likeness (QED) is 0.788. The molecule has 6 heteroatoms. The first-order valence-electron chi connectivity index (χ1n) is 6.30. The number of aromatic nitrogens is 2. The van der Waals surface area contributed by atoms with Crippen LogP contribution in [0.2, 0.25) is 0 Å². The second-order valence-corrected chi connectivity index (χ2v) is 5.39. The maximum atomic E-state index is 6.09. The number of hydrogen-bond donors (Lipinski definition) is 1. The molecule has 0 aliphatic rings. The maximum absolute atomic E-state index is 6.09. The van der Waals surface area contributed by atoms with Gasteiger partial charge in [0.25, 0.3) is 0 Å². The number of benzene rings is 2. The van der Waals surface area contributed by atoms with E-state index in [1.807, 2.05) is 41.0 Å². The summed E-state index contributed by atoms with van der Waals surface area (Å²) >= 11 is 3.47. The standard InChI is InChI=1S/C15H14BrN3O2/c1-20-10-4-5-12-11(8-10)18-15(17)19(12)13-7-9(16)3-6-14(13)21-2/h3-8H,1-2H3,(H2,17,18). The van der Waals surface area contributed by atoms with E-state index in [9.17, 15) is 0 Å². The smallest absolute Gasteiger partial charge is 0.206 e. The second kappa shape index (κ2) is 5.29. The number of rotatable bonds is 3. The van der Waals surface area contributed by atoms with Crippen LogP contribution in [0.4, 0.5) is 5.95 Å². The van der Waals surface area contributed by atoms with Crippen LogP contribution in [-0.4, -0.2) is 23.8 Å². The minimum Gasteiger partial charge on any atom is -0.497 e. The largest absolute Gasteiger partial charge is 0.497 e. The third-order valence-electron chi connectivity index (χ3n) is 3.27. The maximum Gasteiger partial charge on any atom is 0.206 e.